The molecule has 0 aliphatic carbocycles. The molecule has 0 N–H and O–H groups in total. The summed E-state index contributed by atoms with van der Waals surface area (Å²) in [6.45, 7) is 7.32. The van der Waals surface area contributed by atoms with E-state index in [1.807, 2.05) is 20.8 Å². The molecule has 0 amide bonds. The van der Waals surface area contributed by atoms with E-state index in [0.29, 0.717) is 26.1 Å². The summed E-state index contributed by atoms with van der Waals surface area (Å²) in [4.78, 5) is 2.60. The number of alkyl halides is 1. The number of hydrogen-bond donors (Lipinski definition) is 0. The summed E-state index contributed by atoms with van der Waals surface area (Å²) in [6.07, 6.45) is 0.648. The Morgan fingerprint density at radius 1 is 0.434 bits per heavy atom. The first kappa shape index (κ1) is 41.2. The summed E-state index contributed by atoms with van der Waals surface area (Å²) >= 11 is 3.50. The topological polar surface area (TPSA) is 115 Å². The van der Waals surface area contributed by atoms with Gasteiger partial charge in [0.05, 0.1) is 14.7 Å². The van der Waals surface area contributed by atoms with Crippen molar-refractivity contribution in [3.8, 4) is 0 Å². The molecule has 4 aromatic carbocycles. The second-order valence-corrected chi connectivity index (χ2v) is 20.0. The van der Waals surface area contributed by atoms with Gasteiger partial charge in [-0.3, -0.25) is 4.90 Å². The first-order chi connectivity index (χ1) is 25.2. The van der Waals surface area contributed by atoms with Crippen LogP contribution in [0.5, 0.6) is 0 Å². The van der Waals surface area contributed by atoms with Gasteiger partial charge >= 0.3 is 0 Å². The highest BCUT2D eigenvalue weighted by molar-refractivity contribution is 9.08. The zero-order chi connectivity index (χ0) is 38.2. The Kier molecular flexibility index (Phi) is 14.1. The number of halogens is 1. The minimum absolute atomic E-state index is 0.00180. The average Bonchev–Trinajstić information content (AvgIpc) is 3.13. The maximum Gasteiger partial charge on any atom is 0.243 e. The number of nitrogens with zero attached hydrogens (tertiary/aromatic N) is 4. The fraction of sp³-hybridized carbons (Fsp3) is 0.385. The molecule has 10 nitrogen and oxygen atoms in total. The van der Waals surface area contributed by atoms with Gasteiger partial charge in [0.15, 0.2) is 0 Å². The lowest BCUT2D eigenvalue weighted by molar-refractivity contribution is 0.224. The summed E-state index contributed by atoms with van der Waals surface area (Å²) in [7, 11) is -11.9. The minimum Gasteiger partial charge on any atom is -0.298 e. The number of hydrogen-bond acceptors (Lipinski definition) is 7. The fourth-order valence-electron chi connectivity index (χ4n) is 6.27. The molecule has 4 aromatic rings. The van der Waals surface area contributed by atoms with Crippen molar-refractivity contribution in [3.63, 3.8) is 0 Å². The highest BCUT2D eigenvalue weighted by Gasteiger charge is 2.31. The summed E-state index contributed by atoms with van der Waals surface area (Å²) in [5.41, 5.74) is 4.98. The molecule has 0 radical (unpaired) electrons. The second kappa shape index (κ2) is 18.1. The van der Waals surface area contributed by atoms with Crippen LogP contribution in [0.2, 0.25) is 0 Å². The predicted octanol–water partition coefficient (Wildman–Crippen LogP) is 6.18. The standard InChI is InChI=1S/C39H49BrN4O6S3/c1-32-6-16-37(17-7-32)51(45,46)42-24-5-25-44(53(49,50)39-20-10-34(3)11-21-39)29-28-43(52(47,48)38-18-8-33(2)9-19-38)23-4-22-41(26-27-42)31-36-14-12-35(30-40)13-15-36/h6-21H,4-5,22-31H2,1-3H3. The molecule has 1 saturated heterocycles. The molecule has 53 heavy (non-hydrogen) atoms. The summed E-state index contributed by atoms with van der Waals surface area (Å²) in [6, 6.07) is 28.2. The Morgan fingerprint density at radius 3 is 1.11 bits per heavy atom. The SMILES string of the molecule is Cc1ccc(S(=O)(=O)N2CCCN(S(=O)(=O)c3ccc(C)cc3)CCN(S(=O)(=O)c3ccc(C)cc3)CCCN(Cc3ccc(CBr)cc3)CC2)cc1. The van der Waals surface area contributed by atoms with E-state index in [2.05, 4.69) is 45.1 Å². The number of aryl methyl sites for hydroxylation is 3. The summed E-state index contributed by atoms with van der Waals surface area (Å²) in [5, 5.41) is 0.734. The molecule has 1 aliphatic heterocycles. The molecule has 1 fully saturated rings. The van der Waals surface area contributed by atoms with Gasteiger partial charge in [0.25, 0.3) is 0 Å². The van der Waals surface area contributed by atoms with Crippen LogP contribution >= 0.6 is 15.9 Å². The highest BCUT2D eigenvalue weighted by Crippen LogP contribution is 2.23. The number of benzene rings is 4. The first-order valence-electron chi connectivity index (χ1n) is 17.8. The Balaban J connectivity index is 1.50. The Hall–Kier alpha value is -2.95. The van der Waals surface area contributed by atoms with E-state index < -0.39 is 30.1 Å². The maximum absolute atomic E-state index is 14.1. The van der Waals surface area contributed by atoms with Gasteiger partial charge in [-0.15, -0.1) is 0 Å². The Morgan fingerprint density at radius 2 is 0.755 bits per heavy atom. The Labute approximate surface area is 324 Å². The van der Waals surface area contributed by atoms with Crippen molar-refractivity contribution in [2.45, 2.75) is 60.2 Å². The molecule has 0 unspecified atom stereocenters. The average molecular weight is 846 g/mol. The van der Waals surface area contributed by atoms with E-state index in [9.17, 15) is 25.3 Å². The number of rotatable bonds is 9. The van der Waals surface area contributed by atoms with Gasteiger partial charge < -0.3 is 0 Å². The lowest BCUT2D eigenvalue weighted by atomic mass is 10.1. The zero-order valence-electron chi connectivity index (χ0n) is 30.6. The molecule has 0 saturated carbocycles. The van der Waals surface area contributed by atoms with E-state index in [1.165, 1.54) is 12.9 Å². The van der Waals surface area contributed by atoms with Crippen LogP contribution in [-0.2, 0) is 41.9 Å². The summed E-state index contributed by atoms with van der Waals surface area (Å²) < 4.78 is 88.8. The normalized spacial score (nSPS) is 17.4. The van der Waals surface area contributed by atoms with Gasteiger partial charge in [-0.1, -0.05) is 93.3 Å². The summed E-state index contributed by atoms with van der Waals surface area (Å²) in [5.74, 6) is 0. The zero-order valence-corrected chi connectivity index (χ0v) is 34.6. The van der Waals surface area contributed by atoms with Crippen LogP contribution in [0.25, 0.3) is 0 Å². The van der Waals surface area contributed by atoms with Crippen molar-refractivity contribution < 1.29 is 25.3 Å². The maximum atomic E-state index is 14.1. The Bertz CT molecular complexity index is 2130. The second-order valence-electron chi connectivity index (χ2n) is 13.6. The highest BCUT2D eigenvalue weighted by atomic mass is 79.9. The van der Waals surface area contributed by atoms with Crippen molar-refractivity contribution in [2.75, 3.05) is 52.4 Å². The molecule has 14 heteroatoms. The van der Waals surface area contributed by atoms with Crippen LogP contribution in [0, 0.1) is 20.8 Å². The van der Waals surface area contributed by atoms with E-state index >= 15 is 0 Å². The van der Waals surface area contributed by atoms with Crippen molar-refractivity contribution in [1.82, 2.24) is 17.8 Å². The van der Waals surface area contributed by atoms with Crippen LogP contribution in [0.15, 0.2) is 112 Å². The minimum atomic E-state index is -4.05. The van der Waals surface area contributed by atoms with E-state index in [-0.39, 0.29) is 60.4 Å². The largest absolute Gasteiger partial charge is 0.298 e. The molecule has 1 heterocycles. The van der Waals surface area contributed by atoms with Crippen LogP contribution in [-0.4, -0.2) is 95.4 Å². The van der Waals surface area contributed by atoms with E-state index in [4.69, 9.17) is 0 Å². The fourth-order valence-corrected chi connectivity index (χ4v) is 11.0. The smallest absolute Gasteiger partial charge is 0.243 e. The third-order valence-corrected chi connectivity index (χ3v) is 15.9. The van der Waals surface area contributed by atoms with Crippen LogP contribution in [0.3, 0.4) is 0 Å². The van der Waals surface area contributed by atoms with Gasteiger partial charge in [-0.05, 0) is 87.7 Å². The van der Waals surface area contributed by atoms with Crippen LogP contribution < -0.4 is 0 Å². The first-order valence-corrected chi connectivity index (χ1v) is 23.2. The quantitative estimate of drug-likeness (QED) is 0.185. The molecule has 1 aliphatic rings. The van der Waals surface area contributed by atoms with Gasteiger partial charge in [-0.25, -0.2) is 25.3 Å². The molecule has 0 bridgehead atoms. The van der Waals surface area contributed by atoms with Crippen LogP contribution in [0.1, 0.15) is 40.7 Å². The lowest BCUT2D eigenvalue weighted by Crippen LogP contribution is -2.45. The number of sulfonamides is 3. The van der Waals surface area contributed by atoms with Gasteiger partial charge in [-0.2, -0.15) is 12.9 Å². The molecule has 0 atom stereocenters. The third kappa shape index (κ3) is 10.6. The monoisotopic (exact) mass is 844 g/mol. The molecular formula is C39H49BrN4O6S3. The predicted molar refractivity (Wildman–Crippen MR) is 213 cm³/mol. The van der Waals surface area contributed by atoms with Gasteiger partial charge in [0.1, 0.15) is 0 Å². The van der Waals surface area contributed by atoms with Crippen molar-refractivity contribution in [3.05, 3.63) is 125 Å². The third-order valence-electron chi connectivity index (χ3n) is 9.52. The van der Waals surface area contributed by atoms with E-state index in [1.54, 1.807) is 72.8 Å². The molecule has 5 rings (SSSR count). The van der Waals surface area contributed by atoms with E-state index in [0.717, 1.165) is 33.1 Å². The van der Waals surface area contributed by atoms with Crippen molar-refractivity contribution in [1.29, 1.82) is 0 Å². The molecule has 286 valence electrons. The van der Waals surface area contributed by atoms with Crippen molar-refractivity contribution >= 4 is 46.0 Å². The van der Waals surface area contributed by atoms with Crippen molar-refractivity contribution in [2.24, 2.45) is 0 Å². The molecular weight excluding hydrogens is 797 g/mol. The lowest BCUT2D eigenvalue weighted by Gasteiger charge is -2.31. The molecule has 0 spiro atoms. The van der Waals surface area contributed by atoms with Crippen LogP contribution in [0.4, 0.5) is 0 Å². The van der Waals surface area contributed by atoms with Gasteiger partial charge in [0.2, 0.25) is 30.1 Å². The molecule has 0 aromatic heterocycles. The van der Waals surface area contributed by atoms with Gasteiger partial charge in [0, 0.05) is 57.7 Å².